The van der Waals surface area contributed by atoms with E-state index in [-0.39, 0.29) is 58.5 Å². The predicted molar refractivity (Wildman–Crippen MR) is 151 cm³/mol. The van der Waals surface area contributed by atoms with E-state index in [0.717, 1.165) is 23.8 Å². The Bertz CT molecular complexity index is 1880. The van der Waals surface area contributed by atoms with E-state index in [4.69, 9.17) is 4.42 Å². The van der Waals surface area contributed by atoms with Crippen molar-refractivity contribution in [3.63, 3.8) is 0 Å². The topological polar surface area (TPSA) is 125 Å². The first-order valence-corrected chi connectivity index (χ1v) is 13.0. The zero-order valence-corrected chi connectivity index (χ0v) is 22.1. The molecule has 3 N–H and O–H groups in total. The Hall–Kier alpha value is -5.31. The maximum Gasteiger partial charge on any atom is 0.207 e. The molecule has 5 rings (SSSR count). The molecule has 0 fully saturated rings. The second-order valence-corrected chi connectivity index (χ2v) is 9.81. The highest BCUT2D eigenvalue weighted by Crippen LogP contribution is 2.35. The molecule has 0 unspecified atom stereocenters. The number of halogens is 2. The van der Waals surface area contributed by atoms with Crippen LogP contribution >= 0.6 is 0 Å². The van der Waals surface area contributed by atoms with Gasteiger partial charge in [0.05, 0.1) is 0 Å². The average molecular weight is 571 g/mol. The molecule has 9 heteroatoms. The van der Waals surface area contributed by atoms with Crippen molar-refractivity contribution in [1.29, 1.82) is 0 Å². The van der Waals surface area contributed by atoms with Crippen LogP contribution in [0.4, 0.5) is 8.78 Å². The average Bonchev–Trinajstić information content (AvgIpc) is 2.97. The molecule has 7 nitrogen and oxygen atoms in total. The van der Waals surface area contributed by atoms with Gasteiger partial charge >= 0.3 is 0 Å². The molecule has 4 aromatic carbocycles. The number of carbonyl (C=O) groups is 2. The Morgan fingerprint density at radius 2 is 1.24 bits per heavy atom. The third-order valence-corrected chi connectivity index (χ3v) is 6.92. The minimum atomic E-state index is -0.842. The Morgan fingerprint density at radius 3 is 1.81 bits per heavy atom. The molecule has 0 saturated heterocycles. The lowest BCUT2D eigenvalue weighted by molar-refractivity contribution is 0.0973. The van der Waals surface area contributed by atoms with Gasteiger partial charge in [-0.2, -0.15) is 0 Å². The summed E-state index contributed by atoms with van der Waals surface area (Å²) in [4.78, 5) is 40.1. The van der Waals surface area contributed by atoms with Gasteiger partial charge in [0.1, 0.15) is 39.7 Å². The highest BCUT2D eigenvalue weighted by Gasteiger charge is 2.25. The van der Waals surface area contributed by atoms with Gasteiger partial charge in [0.15, 0.2) is 23.1 Å². The molecule has 0 spiro atoms. The van der Waals surface area contributed by atoms with Crippen LogP contribution in [0.2, 0.25) is 0 Å². The third kappa shape index (κ3) is 5.90. The van der Waals surface area contributed by atoms with Crippen LogP contribution in [0, 0.1) is 11.6 Å². The Kier molecular flexibility index (Phi) is 7.84. The first-order chi connectivity index (χ1) is 20.1. The summed E-state index contributed by atoms with van der Waals surface area (Å²) in [6, 6.07) is 17.3. The summed E-state index contributed by atoms with van der Waals surface area (Å²) >= 11 is 0. The van der Waals surface area contributed by atoms with Crippen molar-refractivity contribution in [2.45, 2.75) is 25.7 Å². The molecule has 0 radical (unpaired) electrons. The minimum absolute atomic E-state index is 0.0272. The molecule has 0 saturated carbocycles. The van der Waals surface area contributed by atoms with Crippen LogP contribution in [0.3, 0.4) is 0 Å². The molecule has 0 atom stereocenters. The highest BCUT2D eigenvalue weighted by molar-refractivity contribution is 6.06. The number of benzene rings is 4. The van der Waals surface area contributed by atoms with Gasteiger partial charge in [-0.15, -0.1) is 0 Å². The van der Waals surface area contributed by atoms with E-state index in [1.165, 1.54) is 48.5 Å². The fourth-order valence-electron chi connectivity index (χ4n) is 4.67. The van der Waals surface area contributed by atoms with E-state index in [0.29, 0.717) is 12.0 Å². The molecule has 0 aliphatic carbocycles. The van der Waals surface area contributed by atoms with Crippen molar-refractivity contribution >= 4 is 22.5 Å². The number of phenolic OH excluding ortho intramolecular Hbond substituents is 3. The standard InChI is InChI=1S/C33H24F2O7/c34-22-8-1-18(2-9-22)5-12-24(36)21-16-28(40)30-29(17-21)42-33(20-7-14-25(37)27(39)15-20)31(32(30)41)26(38)13-6-19-3-10-23(35)11-4-19/h1-4,7-11,14-17,37,39-40H,5-6,12-13H2. The lowest BCUT2D eigenvalue weighted by Gasteiger charge is -2.12. The van der Waals surface area contributed by atoms with E-state index >= 15 is 0 Å². The predicted octanol–water partition coefficient (Wildman–Crippen LogP) is 6.49. The molecular formula is C33H24F2O7. The largest absolute Gasteiger partial charge is 0.507 e. The smallest absolute Gasteiger partial charge is 0.207 e. The second-order valence-electron chi connectivity index (χ2n) is 9.81. The number of fused-ring (bicyclic) bond motifs is 1. The number of hydrogen-bond acceptors (Lipinski definition) is 7. The fraction of sp³-hybridized carbons (Fsp3) is 0.121. The number of carbonyl (C=O) groups excluding carboxylic acids is 2. The van der Waals surface area contributed by atoms with Gasteiger partial charge in [0.25, 0.3) is 0 Å². The number of aromatic hydroxyl groups is 3. The Morgan fingerprint density at radius 1 is 0.667 bits per heavy atom. The maximum atomic E-state index is 13.7. The van der Waals surface area contributed by atoms with Gasteiger partial charge in [-0.1, -0.05) is 24.3 Å². The van der Waals surface area contributed by atoms with Gasteiger partial charge in [-0.25, -0.2) is 8.78 Å². The molecule has 1 heterocycles. The summed E-state index contributed by atoms with van der Waals surface area (Å²) in [6.45, 7) is 0. The molecule has 0 bridgehead atoms. The van der Waals surface area contributed by atoms with Crippen LogP contribution in [0.1, 0.15) is 44.7 Å². The van der Waals surface area contributed by atoms with Crippen molar-refractivity contribution in [3.8, 4) is 28.6 Å². The summed E-state index contributed by atoms with van der Waals surface area (Å²) in [7, 11) is 0. The molecule has 0 aliphatic heterocycles. The number of Topliss-reactive ketones (excluding diaryl/α,β-unsaturated/α-hetero) is 2. The van der Waals surface area contributed by atoms with Gasteiger partial charge < -0.3 is 19.7 Å². The highest BCUT2D eigenvalue weighted by atomic mass is 19.1. The van der Waals surface area contributed by atoms with Crippen molar-refractivity contribution in [2.75, 3.05) is 0 Å². The number of phenols is 3. The normalized spacial score (nSPS) is 11.1. The Balaban J connectivity index is 1.55. The minimum Gasteiger partial charge on any atom is -0.507 e. The molecule has 5 aromatic rings. The lowest BCUT2D eigenvalue weighted by atomic mass is 9.96. The van der Waals surface area contributed by atoms with E-state index in [1.54, 1.807) is 12.1 Å². The molecule has 0 amide bonds. The van der Waals surface area contributed by atoms with Gasteiger partial charge in [-0.3, -0.25) is 14.4 Å². The first-order valence-electron chi connectivity index (χ1n) is 13.0. The van der Waals surface area contributed by atoms with Crippen LogP contribution in [0.5, 0.6) is 17.2 Å². The molecule has 212 valence electrons. The van der Waals surface area contributed by atoms with Crippen molar-refractivity contribution in [1.82, 2.24) is 0 Å². The Labute approximate surface area is 237 Å². The summed E-state index contributed by atoms with van der Waals surface area (Å²) in [5.41, 5.74) is 0.154. The fourth-order valence-corrected chi connectivity index (χ4v) is 4.67. The van der Waals surface area contributed by atoms with Crippen LogP contribution in [-0.4, -0.2) is 26.9 Å². The van der Waals surface area contributed by atoms with Crippen LogP contribution in [-0.2, 0) is 12.8 Å². The van der Waals surface area contributed by atoms with Crippen LogP contribution in [0.25, 0.3) is 22.3 Å². The quantitative estimate of drug-likeness (QED) is 0.137. The summed E-state index contributed by atoms with van der Waals surface area (Å²) in [5.74, 6) is -3.56. The monoisotopic (exact) mass is 570 g/mol. The second kappa shape index (κ2) is 11.7. The lowest BCUT2D eigenvalue weighted by Crippen LogP contribution is -2.18. The number of hydrogen-bond donors (Lipinski definition) is 3. The zero-order valence-electron chi connectivity index (χ0n) is 22.1. The third-order valence-electron chi connectivity index (χ3n) is 6.92. The number of rotatable bonds is 9. The molecule has 0 aliphatic rings. The SMILES string of the molecule is O=C(CCc1ccc(F)cc1)c1cc(O)c2c(=O)c(C(=O)CCc3ccc(F)cc3)c(-c3ccc(O)c(O)c3)oc2c1. The first kappa shape index (κ1) is 28.2. The van der Waals surface area contributed by atoms with E-state index in [2.05, 4.69) is 0 Å². The number of aryl methyl sites for hydroxylation is 2. The molecule has 42 heavy (non-hydrogen) atoms. The zero-order chi connectivity index (χ0) is 30.0. The summed E-state index contributed by atoms with van der Waals surface area (Å²) < 4.78 is 32.5. The van der Waals surface area contributed by atoms with Crippen LogP contribution in [0.15, 0.2) is 88.1 Å². The maximum absolute atomic E-state index is 13.7. The van der Waals surface area contributed by atoms with Crippen molar-refractivity contribution in [2.24, 2.45) is 0 Å². The summed E-state index contributed by atoms with van der Waals surface area (Å²) in [6.07, 6.45) is 0.366. The number of ketones is 2. The van der Waals surface area contributed by atoms with Crippen LogP contribution < -0.4 is 5.43 Å². The molecule has 1 aromatic heterocycles. The molecular weight excluding hydrogens is 546 g/mol. The van der Waals surface area contributed by atoms with Gasteiger partial charge in [0, 0.05) is 24.0 Å². The summed E-state index contributed by atoms with van der Waals surface area (Å²) in [5, 5.41) is 30.4. The van der Waals surface area contributed by atoms with Crippen molar-refractivity contribution < 1.29 is 38.1 Å². The van der Waals surface area contributed by atoms with E-state index in [1.807, 2.05) is 0 Å². The van der Waals surface area contributed by atoms with E-state index < -0.39 is 40.1 Å². The van der Waals surface area contributed by atoms with Gasteiger partial charge in [0.2, 0.25) is 5.43 Å². The van der Waals surface area contributed by atoms with E-state index in [9.17, 15) is 38.5 Å². The van der Waals surface area contributed by atoms with Gasteiger partial charge in [-0.05, 0) is 78.6 Å². The van der Waals surface area contributed by atoms with Crippen molar-refractivity contribution in [3.05, 3.63) is 123 Å².